The number of para-hydroxylation sites is 2. The largest absolute Gasteiger partial charge is 0.457 e. The summed E-state index contributed by atoms with van der Waals surface area (Å²) in [5, 5.41) is 0. The minimum atomic E-state index is -2.12. The molecular formula is C13H14NO3P. The Morgan fingerprint density at radius 1 is 0.889 bits per heavy atom. The molecule has 0 unspecified atom stereocenters. The minimum absolute atomic E-state index is 0.979. The summed E-state index contributed by atoms with van der Waals surface area (Å²) in [7, 11) is -2.12. The number of hydrogen-bond donors (Lipinski definition) is 3. The molecule has 5 heteroatoms. The fourth-order valence-corrected chi connectivity index (χ4v) is 1.82. The van der Waals surface area contributed by atoms with Crippen LogP contribution in [0, 0.1) is 0 Å². The zero-order valence-electron chi connectivity index (χ0n) is 9.65. The minimum Gasteiger partial charge on any atom is -0.457 e. The molecule has 2 aromatic rings. The molecule has 0 aliphatic carbocycles. The summed E-state index contributed by atoms with van der Waals surface area (Å²) in [5.74, 6) is 1.98. The van der Waals surface area contributed by atoms with Crippen molar-refractivity contribution in [1.29, 1.82) is 0 Å². The molecule has 1 heterocycles. The second kappa shape index (κ2) is 5.94. The van der Waals surface area contributed by atoms with Crippen LogP contribution in [0.4, 0.5) is 0 Å². The number of fused-ring (bicyclic) bond motifs is 2. The van der Waals surface area contributed by atoms with E-state index in [1.807, 2.05) is 24.3 Å². The Bertz CT molecular complexity index is 441. The number of nitrogens with two attached hydrogens (primary N) is 1. The van der Waals surface area contributed by atoms with Crippen molar-refractivity contribution >= 4 is 8.53 Å². The maximum Gasteiger partial charge on any atom is 0.247 e. The third-order valence-electron chi connectivity index (χ3n) is 2.55. The van der Waals surface area contributed by atoms with Crippen molar-refractivity contribution in [3.05, 3.63) is 59.7 Å². The van der Waals surface area contributed by atoms with Crippen LogP contribution in [0.25, 0.3) is 0 Å². The van der Waals surface area contributed by atoms with Gasteiger partial charge in [-0.3, -0.25) is 5.50 Å². The van der Waals surface area contributed by atoms with Gasteiger partial charge in [0, 0.05) is 6.42 Å². The van der Waals surface area contributed by atoms with Crippen LogP contribution in [0.1, 0.15) is 11.1 Å². The van der Waals surface area contributed by atoms with Crippen molar-refractivity contribution in [2.45, 2.75) is 6.42 Å². The van der Waals surface area contributed by atoms with E-state index < -0.39 is 8.53 Å². The normalized spacial score (nSPS) is 11.8. The van der Waals surface area contributed by atoms with Gasteiger partial charge in [0.2, 0.25) is 8.53 Å². The van der Waals surface area contributed by atoms with Crippen molar-refractivity contribution in [2.24, 2.45) is 5.50 Å². The Hall–Kier alpha value is -1.45. The lowest BCUT2D eigenvalue weighted by Crippen LogP contribution is -2.01. The molecule has 0 bridgehead atoms. The molecule has 1 aliphatic rings. The van der Waals surface area contributed by atoms with Crippen molar-refractivity contribution in [3.63, 3.8) is 0 Å². The van der Waals surface area contributed by atoms with E-state index in [9.17, 15) is 0 Å². The van der Waals surface area contributed by atoms with E-state index in [-0.39, 0.29) is 0 Å². The van der Waals surface area contributed by atoms with Crippen LogP contribution >= 0.6 is 8.53 Å². The van der Waals surface area contributed by atoms with Crippen LogP contribution in [0.2, 0.25) is 0 Å². The van der Waals surface area contributed by atoms with Crippen molar-refractivity contribution < 1.29 is 14.5 Å². The molecule has 0 spiro atoms. The van der Waals surface area contributed by atoms with Gasteiger partial charge in [-0.1, -0.05) is 36.4 Å². The molecule has 0 saturated heterocycles. The maximum atomic E-state index is 7.45. The first-order valence-corrected chi connectivity index (χ1v) is 6.74. The molecule has 0 radical (unpaired) electrons. The predicted octanol–water partition coefficient (Wildman–Crippen LogP) is 2.54. The van der Waals surface area contributed by atoms with E-state index in [1.54, 1.807) is 0 Å². The van der Waals surface area contributed by atoms with Crippen LogP contribution in [0.5, 0.6) is 11.5 Å². The maximum absolute atomic E-state index is 7.45. The molecule has 0 atom stereocenters. The number of rotatable bonds is 0. The summed E-state index contributed by atoms with van der Waals surface area (Å²) in [6, 6.07) is 16.4. The predicted molar refractivity (Wildman–Crippen MR) is 71.3 cm³/mol. The fraction of sp³-hybridized carbons (Fsp3) is 0.0769. The monoisotopic (exact) mass is 263 g/mol. The summed E-state index contributed by atoms with van der Waals surface area (Å²) in [6.45, 7) is 0. The highest BCUT2D eigenvalue weighted by Crippen LogP contribution is 2.35. The number of hydrogen-bond acceptors (Lipinski definition) is 4. The van der Waals surface area contributed by atoms with E-state index in [0.717, 1.165) is 17.9 Å². The number of ether oxygens (including phenoxy) is 1. The standard InChI is InChI=1S/C13H10O.H4NO2P/c1-3-7-12-10(5-1)9-11-6-2-4-8-13(11)14-12;1-4(2)3/h1-8H,9H2;2-3H,1H2. The Morgan fingerprint density at radius 3 is 1.72 bits per heavy atom. The molecule has 0 fully saturated rings. The Kier molecular flexibility index (Phi) is 4.28. The topological polar surface area (TPSA) is 75.7 Å². The summed E-state index contributed by atoms with van der Waals surface area (Å²) >= 11 is 0. The third-order valence-corrected chi connectivity index (χ3v) is 2.55. The smallest absolute Gasteiger partial charge is 0.247 e. The Morgan fingerprint density at radius 2 is 1.28 bits per heavy atom. The SMILES string of the molecule is NP(O)O.c1ccc2c(c1)Cc1ccccc1O2. The first kappa shape index (κ1) is 13.0. The molecule has 0 amide bonds. The summed E-state index contributed by atoms with van der Waals surface area (Å²) in [5.41, 5.74) is 6.83. The summed E-state index contributed by atoms with van der Waals surface area (Å²) in [4.78, 5) is 14.9. The highest BCUT2D eigenvalue weighted by molar-refractivity contribution is 7.42. The first-order chi connectivity index (χ1) is 8.66. The van der Waals surface area contributed by atoms with Gasteiger partial charge < -0.3 is 14.5 Å². The van der Waals surface area contributed by atoms with E-state index in [1.165, 1.54) is 11.1 Å². The average molecular weight is 263 g/mol. The highest BCUT2D eigenvalue weighted by atomic mass is 31.2. The zero-order valence-corrected chi connectivity index (χ0v) is 10.5. The van der Waals surface area contributed by atoms with Gasteiger partial charge in [0.25, 0.3) is 0 Å². The Labute approximate surface area is 107 Å². The van der Waals surface area contributed by atoms with Crippen LogP contribution in [0.15, 0.2) is 48.5 Å². The summed E-state index contributed by atoms with van der Waals surface area (Å²) < 4.78 is 5.78. The molecular weight excluding hydrogens is 249 g/mol. The second-order valence-electron chi connectivity index (χ2n) is 3.81. The Balaban J connectivity index is 0.000000267. The molecule has 1 aliphatic heterocycles. The molecule has 4 N–H and O–H groups in total. The third kappa shape index (κ3) is 3.28. The molecule has 4 nitrogen and oxygen atoms in total. The van der Waals surface area contributed by atoms with Gasteiger partial charge in [0.05, 0.1) is 0 Å². The highest BCUT2D eigenvalue weighted by Gasteiger charge is 2.14. The second-order valence-corrected chi connectivity index (χ2v) is 4.46. The molecule has 18 heavy (non-hydrogen) atoms. The van der Waals surface area contributed by atoms with Gasteiger partial charge >= 0.3 is 0 Å². The van der Waals surface area contributed by atoms with E-state index >= 15 is 0 Å². The average Bonchev–Trinajstić information content (AvgIpc) is 2.35. The van der Waals surface area contributed by atoms with Crippen LogP contribution in [-0.4, -0.2) is 9.79 Å². The van der Waals surface area contributed by atoms with E-state index in [2.05, 4.69) is 29.8 Å². The lowest BCUT2D eigenvalue weighted by molar-refractivity contribution is 0.460. The van der Waals surface area contributed by atoms with Gasteiger partial charge in [-0.05, 0) is 23.3 Å². The molecule has 2 aromatic carbocycles. The first-order valence-electron chi connectivity index (χ1n) is 5.43. The number of benzene rings is 2. The zero-order chi connectivity index (χ0) is 13.0. The van der Waals surface area contributed by atoms with Gasteiger partial charge in [-0.25, -0.2) is 0 Å². The molecule has 3 rings (SSSR count). The van der Waals surface area contributed by atoms with Crippen molar-refractivity contribution in [3.8, 4) is 11.5 Å². The van der Waals surface area contributed by atoms with Gasteiger partial charge in [0.15, 0.2) is 0 Å². The van der Waals surface area contributed by atoms with Crippen molar-refractivity contribution in [1.82, 2.24) is 0 Å². The van der Waals surface area contributed by atoms with Gasteiger partial charge in [-0.15, -0.1) is 0 Å². The molecule has 94 valence electrons. The van der Waals surface area contributed by atoms with Crippen LogP contribution in [-0.2, 0) is 6.42 Å². The lowest BCUT2D eigenvalue weighted by atomic mass is 10.0. The van der Waals surface area contributed by atoms with E-state index in [0.29, 0.717) is 0 Å². The van der Waals surface area contributed by atoms with Crippen LogP contribution in [0.3, 0.4) is 0 Å². The van der Waals surface area contributed by atoms with Gasteiger partial charge in [0.1, 0.15) is 11.5 Å². The van der Waals surface area contributed by atoms with Crippen LogP contribution < -0.4 is 10.2 Å². The van der Waals surface area contributed by atoms with Crippen molar-refractivity contribution in [2.75, 3.05) is 0 Å². The lowest BCUT2D eigenvalue weighted by Gasteiger charge is -2.19. The molecule has 0 saturated carbocycles. The summed E-state index contributed by atoms with van der Waals surface area (Å²) in [6.07, 6.45) is 0.979. The van der Waals surface area contributed by atoms with E-state index in [4.69, 9.17) is 14.5 Å². The fourth-order valence-electron chi connectivity index (χ4n) is 1.82. The molecule has 0 aromatic heterocycles. The quantitative estimate of drug-likeness (QED) is 0.545. The van der Waals surface area contributed by atoms with Gasteiger partial charge in [-0.2, -0.15) is 0 Å².